The summed E-state index contributed by atoms with van der Waals surface area (Å²) in [6.45, 7) is 3.36. The van der Waals surface area contributed by atoms with E-state index in [1.807, 2.05) is 0 Å². The van der Waals surface area contributed by atoms with Crippen LogP contribution in [0.1, 0.15) is 68.9 Å². The van der Waals surface area contributed by atoms with E-state index in [2.05, 4.69) is 15.6 Å². The molecule has 0 unspecified atom stereocenters. The van der Waals surface area contributed by atoms with E-state index >= 15 is 0 Å². The summed E-state index contributed by atoms with van der Waals surface area (Å²) in [5.74, 6) is -1.70. The molecule has 0 spiro atoms. The minimum Gasteiger partial charge on any atom is -0.478 e. The van der Waals surface area contributed by atoms with Crippen molar-refractivity contribution < 1.29 is 41.0 Å². The predicted molar refractivity (Wildman–Crippen MR) is 153 cm³/mol. The lowest BCUT2D eigenvalue weighted by Crippen LogP contribution is -2.27. The number of halogens is 6. The fourth-order valence-electron chi connectivity index (χ4n) is 4.90. The van der Waals surface area contributed by atoms with E-state index in [0.717, 1.165) is 24.3 Å². The zero-order valence-electron chi connectivity index (χ0n) is 23.6. The molecule has 0 aliphatic heterocycles. The van der Waals surface area contributed by atoms with Gasteiger partial charge in [0.25, 0.3) is 5.91 Å². The molecule has 2 atom stereocenters. The molecule has 0 bridgehead atoms. The van der Waals surface area contributed by atoms with Gasteiger partial charge in [0.1, 0.15) is 11.0 Å². The Balaban J connectivity index is 1.57. The number of aromatic carboxylic acids is 1. The Morgan fingerprint density at radius 2 is 1.29 bits per heavy atom. The number of nitrogens with one attached hydrogen (secondary N) is 1. The number of rotatable bonds is 7. The van der Waals surface area contributed by atoms with Gasteiger partial charge >= 0.3 is 18.3 Å². The summed E-state index contributed by atoms with van der Waals surface area (Å²) in [7, 11) is 0. The lowest BCUT2D eigenvalue weighted by atomic mass is 9.98. The number of hydrogen-bond donors (Lipinski definition) is 2. The molecule has 7 nitrogen and oxygen atoms in total. The molecule has 0 saturated heterocycles. The van der Waals surface area contributed by atoms with Crippen LogP contribution in [0.15, 0.2) is 84.9 Å². The molecule has 5 rings (SSSR count). The first-order valence-corrected chi connectivity index (χ1v) is 13.5. The highest BCUT2D eigenvalue weighted by Gasteiger charge is 2.31. The van der Waals surface area contributed by atoms with E-state index in [1.54, 1.807) is 32.0 Å². The molecule has 232 valence electrons. The number of nitrogens with zero attached hydrogens (tertiary/aromatic N) is 3. The van der Waals surface area contributed by atoms with Crippen molar-refractivity contribution in [3.8, 4) is 11.1 Å². The van der Waals surface area contributed by atoms with E-state index in [-0.39, 0.29) is 22.2 Å². The minimum absolute atomic E-state index is 0.0652. The number of fused-ring (bicyclic) bond motifs is 1. The van der Waals surface area contributed by atoms with E-state index < -0.39 is 47.4 Å². The van der Waals surface area contributed by atoms with Gasteiger partial charge in [0.15, 0.2) is 0 Å². The zero-order valence-corrected chi connectivity index (χ0v) is 23.6. The standard InChI is InChI=1S/C32H24F6N4O3/c1-17(19-3-5-22(6-4-19)30(44)45)39-29(43)26-15-23(21-9-13-25(14-10-21)32(36,37)38)16-27-28(26)42(41-40-27)18(2)20-7-11-24(12-8-20)31(33,34)35/h3-18H,1-2H3,(H,39,43)(H,44,45)/t17-,18+/m0/s1. The van der Waals surface area contributed by atoms with Gasteiger partial charge in [-0.15, -0.1) is 5.10 Å². The van der Waals surface area contributed by atoms with Crippen molar-refractivity contribution >= 4 is 22.9 Å². The number of carboxylic acids is 1. The molecule has 0 fully saturated rings. The SMILES string of the molecule is C[C@H](NC(=O)c1cc(-c2ccc(C(F)(F)F)cc2)cc2nnn([C@H](C)c3ccc(C(F)(F)F)cc3)c12)c1ccc(C(=O)O)cc1. The van der Waals surface area contributed by atoms with Crippen molar-refractivity contribution in [2.75, 3.05) is 0 Å². The first-order valence-electron chi connectivity index (χ1n) is 13.5. The second-order valence-corrected chi connectivity index (χ2v) is 10.4. The Hall–Kier alpha value is -5.20. The van der Waals surface area contributed by atoms with Gasteiger partial charge in [-0.2, -0.15) is 26.3 Å². The third kappa shape index (κ3) is 6.52. The number of carbonyl (C=O) groups is 2. The molecule has 0 aliphatic rings. The van der Waals surface area contributed by atoms with Crippen LogP contribution in [0.5, 0.6) is 0 Å². The number of aromatic nitrogens is 3. The number of benzene rings is 4. The van der Waals surface area contributed by atoms with E-state index in [9.17, 15) is 41.0 Å². The van der Waals surface area contributed by atoms with Crippen molar-refractivity contribution in [2.45, 2.75) is 38.3 Å². The normalized spacial score (nSPS) is 13.4. The smallest absolute Gasteiger partial charge is 0.416 e. The Bertz CT molecular complexity index is 1860. The van der Waals surface area contributed by atoms with Crippen molar-refractivity contribution in [2.24, 2.45) is 0 Å². The van der Waals surface area contributed by atoms with E-state index in [0.29, 0.717) is 22.3 Å². The van der Waals surface area contributed by atoms with Crippen LogP contribution in [0, 0.1) is 0 Å². The third-order valence-corrected chi connectivity index (χ3v) is 7.45. The highest BCUT2D eigenvalue weighted by Crippen LogP contribution is 2.35. The summed E-state index contributed by atoms with van der Waals surface area (Å²) >= 11 is 0. The number of carbonyl (C=O) groups excluding carboxylic acids is 1. The molecule has 1 heterocycles. The molecule has 0 aliphatic carbocycles. The molecule has 13 heteroatoms. The monoisotopic (exact) mass is 626 g/mol. The Morgan fingerprint density at radius 1 is 0.756 bits per heavy atom. The molecule has 1 aromatic heterocycles. The Morgan fingerprint density at radius 3 is 1.82 bits per heavy atom. The number of hydrogen-bond acceptors (Lipinski definition) is 4. The average Bonchev–Trinajstić information content (AvgIpc) is 3.43. The number of amides is 1. The van der Waals surface area contributed by atoms with Crippen molar-refractivity contribution in [1.82, 2.24) is 20.3 Å². The zero-order chi connectivity index (χ0) is 32.7. The average molecular weight is 627 g/mol. The van der Waals surface area contributed by atoms with E-state index in [4.69, 9.17) is 0 Å². The number of alkyl halides is 6. The van der Waals surface area contributed by atoms with Crippen LogP contribution in [0.3, 0.4) is 0 Å². The summed E-state index contributed by atoms with van der Waals surface area (Å²) in [5, 5.41) is 20.4. The summed E-state index contributed by atoms with van der Waals surface area (Å²) in [4.78, 5) is 25.0. The van der Waals surface area contributed by atoms with Crippen LogP contribution in [0.2, 0.25) is 0 Å². The molecule has 1 amide bonds. The summed E-state index contributed by atoms with van der Waals surface area (Å²) in [5.41, 5.74) is 0.774. The Labute approximate surface area is 252 Å². The van der Waals surface area contributed by atoms with Gasteiger partial charge in [-0.05, 0) is 84.6 Å². The molecule has 45 heavy (non-hydrogen) atoms. The summed E-state index contributed by atoms with van der Waals surface area (Å²) in [6.07, 6.45) is -9.06. The van der Waals surface area contributed by atoms with E-state index in [1.165, 1.54) is 47.1 Å². The van der Waals surface area contributed by atoms with Crippen molar-refractivity contribution in [3.05, 3.63) is 118 Å². The highest BCUT2D eigenvalue weighted by atomic mass is 19.4. The van der Waals surface area contributed by atoms with Gasteiger partial charge < -0.3 is 10.4 Å². The second kappa shape index (κ2) is 11.7. The third-order valence-electron chi connectivity index (χ3n) is 7.45. The predicted octanol–water partition coefficient (Wildman–Crippen LogP) is 7.93. The second-order valence-electron chi connectivity index (χ2n) is 10.4. The lowest BCUT2D eigenvalue weighted by Gasteiger charge is -2.18. The first-order chi connectivity index (χ1) is 21.1. The van der Waals surface area contributed by atoms with Gasteiger partial charge in [0.2, 0.25) is 0 Å². The molecule has 5 aromatic rings. The molecular weight excluding hydrogens is 602 g/mol. The fraction of sp³-hybridized carbons (Fsp3) is 0.188. The van der Waals surface area contributed by atoms with Crippen LogP contribution in [0.4, 0.5) is 26.3 Å². The van der Waals surface area contributed by atoms with Crippen LogP contribution in [-0.2, 0) is 12.4 Å². The van der Waals surface area contributed by atoms with Gasteiger partial charge in [0, 0.05) is 0 Å². The van der Waals surface area contributed by atoms with Gasteiger partial charge in [-0.25, -0.2) is 9.48 Å². The fourth-order valence-corrected chi connectivity index (χ4v) is 4.90. The van der Waals surface area contributed by atoms with Gasteiger partial charge in [-0.3, -0.25) is 4.79 Å². The van der Waals surface area contributed by atoms with Gasteiger partial charge in [0.05, 0.1) is 34.3 Å². The maximum absolute atomic E-state index is 13.8. The summed E-state index contributed by atoms with van der Waals surface area (Å²) in [6, 6.07) is 16.6. The van der Waals surface area contributed by atoms with Crippen LogP contribution in [0.25, 0.3) is 22.2 Å². The minimum atomic E-state index is -4.54. The summed E-state index contributed by atoms with van der Waals surface area (Å²) < 4.78 is 80.3. The van der Waals surface area contributed by atoms with Crippen molar-refractivity contribution in [3.63, 3.8) is 0 Å². The molecule has 0 saturated carbocycles. The Kier molecular flexibility index (Phi) is 8.13. The maximum Gasteiger partial charge on any atom is 0.416 e. The number of carboxylic acid groups (broad SMARTS) is 1. The molecule has 0 radical (unpaired) electrons. The first kappa shape index (κ1) is 31.2. The van der Waals surface area contributed by atoms with Crippen molar-refractivity contribution in [1.29, 1.82) is 0 Å². The largest absolute Gasteiger partial charge is 0.478 e. The molecular formula is C32H24F6N4O3. The molecule has 4 aromatic carbocycles. The molecule has 2 N–H and O–H groups in total. The lowest BCUT2D eigenvalue weighted by molar-refractivity contribution is -0.138. The van der Waals surface area contributed by atoms with Crippen LogP contribution < -0.4 is 5.32 Å². The van der Waals surface area contributed by atoms with Crippen LogP contribution in [-0.4, -0.2) is 32.0 Å². The van der Waals surface area contributed by atoms with Gasteiger partial charge in [-0.1, -0.05) is 41.6 Å². The topological polar surface area (TPSA) is 97.1 Å². The highest BCUT2D eigenvalue weighted by molar-refractivity contribution is 6.07. The maximum atomic E-state index is 13.8. The quantitative estimate of drug-likeness (QED) is 0.179. The van der Waals surface area contributed by atoms with Crippen LogP contribution >= 0.6 is 0 Å².